The molecule has 7 heteroatoms. The molecule has 2 aromatic heterocycles. The highest BCUT2D eigenvalue weighted by Gasteiger charge is 2.28. The van der Waals surface area contributed by atoms with Crippen molar-refractivity contribution in [1.29, 1.82) is 0 Å². The molecule has 3 aliphatic rings. The molecule has 2 amide bonds. The summed E-state index contributed by atoms with van der Waals surface area (Å²) in [5.74, 6) is 1.35. The van der Waals surface area contributed by atoms with E-state index in [1.54, 1.807) is 0 Å². The van der Waals surface area contributed by atoms with Crippen molar-refractivity contribution in [3.8, 4) is 0 Å². The number of hydrogen-bond acceptors (Lipinski definition) is 4. The Morgan fingerprint density at radius 3 is 2.64 bits per heavy atom. The predicted octanol–water partition coefficient (Wildman–Crippen LogP) is 4.89. The Labute approximate surface area is 200 Å². The average Bonchev–Trinajstić information content (AvgIpc) is 3.08. The number of rotatable bonds is 6. The van der Waals surface area contributed by atoms with Crippen LogP contribution in [0.4, 0.5) is 0 Å². The lowest BCUT2D eigenvalue weighted by Gasteiger charge is -2.34. The third-order valence-electron chi connectivity index (χ3n) is 7.44. The number of likely N-dealkylation sites (tertiary alicyclic amines) is 1. The number of imidazole rings is 1. The van der Waals surface area contributed by atoms with Crippen molar-refractivity contribution < 1.29 is 9.59 Å². The Kier molecular flexibility index (Phi) is 7.04. The molecule has 1 N–H and O–H groups in total. The normalized spacial score (nSPS) is 19.9. The first kappa shape index (κ1) is 22.5. The van der Waals surface area contributed by atoms with Gasteiger partial charge in [0.2, 0.25) is 5.91 Å². The van der Waals surface area contributed by atoms with Crippen molar-refractivity contribution in [1.82, 2.24) is 19.6 Å². The minimum absolute atomic E-state index is 0.00623. The van der Waals surface area contributed by atoms with E-state index in [1.807, 2.05) is 30.5 Å². The number of pyridine rings is 1. The quantitative estimate of drug-likeness (QED) is 0.486. The van der Waals surface area contributed by atoms with Crippen LogP contribution >= 0.6 is 11.8 Å². The van der Waals surface area contributed by atoms with Gasteiger partial charge in [-0.1, -0.05) is 43.5 Å². The Hall–Kier alpha value is -2.28. The molecular formula is C26H34N4O2S. The molecule has 33 heavy (non-hydrogen) atoms. The maximum Gasteiger partial charge on any atom is 0.258 e. The van der Waals surface area contributed by atoms with E-state index in [0.717, 1.165) is 72.9 Å². The summed E-state index contributed by atoms with van der Waals surface area (Å²) in [4.78, 5) is 32.9. The zero-order chi connectivity index (χ0) is 22.6. The van der Waals surface area contributed by atoms with Crippen molar-refractivity contribution >= 4 is 35.3 Å². The Morgan fingerprint density at radius 2 is 1.85 bits per heavy atom. The number of thioether (sulfide) groups is 1. The van der Waals surface area contributed by atoms with Gasteiger partial charge in [0.15, 0.2) is 0 Å². The molecule has 0 aromatic carbocycles. The van der Waals surface area contributed by atoms with Gasteiger partial charge in [0.1, 0.15) is 5.65 Å². The number of hydrogen-bond donors (Lipinski definition) is 1. The second kappa shape index (κ2) is 10.3. The van der Waals surface area contributed by atoms with E-state index in [-0.39, 0.29) is 11.8 Å². The number of aromatic nitrogens is 2. The lowest BCUT2D eigenvalue weighted by molar-refractivity contribution is -0.137. The zero-order valence-electron chi connectivity index (χ0n) is 19.3. The van der Waals surface area contributed by atoms with Crippen molar-refractivity contribution in [3.63, 3.8) is 0 Å². The summed E-state index contributed by atoms with van der Waals surface area (Å²) in [6.45, 7) is 2.52. The smallest absolute Gasteiger partial charge is 0.258 e. The number of nitrogens with one attached hydrogen (secondary N) is 1. The lowest BCUT2D eigenvalue weighted by Crippen LogP contribution is -2.41. The monoisotopic (exact) mass is 466 g/mol. The molecule has 1 saturated heterocycles. The first-order valence-corrected chi connectivity index (χ1v) is 13.4. The van der Waals surface area contributed by atoms with E-state index in [9.17, 15) is 9.59 Å². The molecule has 4 heterocycles. The molecule has 0 spiro atoms. The molecule has 176 valence electrons. The van der Waals surface area contributed by atoms with E-state index in [4.69, 9.17) is 0 Å². The first-order valence-electron chi connectivity index (χ1n) is 12.6. The second-order valence-corrected chi connectivity index (χ2v) is 10.8. The molecular weight excluding hydrogens is 432 g/mol. The Morgan fingerprint density at radius 1 is 1.06 bits per heavy atom. The number of carbonyl (C=O) groups is 2. The second-order valence-electron chi connectivity index (χ2n) is 9.71. The van der Waals surface area contributed by atoms with E-state index in [2.05, 4.69) is 19.6 Å². The van der Waals surface area contributed by atoms with Gasteiger partial charge in [0, 0.05) is 25.6 Å². The van der Waals surface area contributed by atoms with Crippen molar-refractivity contribution in [2.45, 2.75) is 69.2 Å². The maximum absolute atomic E-state index is 12.9. The van der Waals surface area contributed by atoms with Gasteiger partial charge in [0.05, 0.1) is 21.8 Å². The summed E-state index contributed by atoms with van der Waals surface area (Å²) in [6.07, 6.45) is 15.2. The van der Waals surface area contributed by atoms with Crippen LogP contribution in [0, 0.1) is 11.8 Å². The predicted molar refractivity (Wildman–Crippen MR) is 132 cm³/mol. The minimum Gasteiger partial charge on any atom is -0.352 e. The largest absolute Gasteiger partial charge is 0.352 e. The van der Waals surface area contributed by atoms with Crippen LogP contribution in [0.3, 0.4) is 0 Å². The summed E-state index contributed by atoms with van der Waals surface area (Å²) < 4.78 is 2.08. The summed E-state index contributed by atoms with van der Waals surface area (Å²) >= 11 is 1.50. The third-order valence-corrected chi connectivity index (χ3v) is 8.49. The van der Waals surface area contributed by atoms with Crippen LogP contribution in [-0.4, -0.2) is 45.7 Å². The van der Waals surface area contributed by atoms with E-state index in [1.165, 1.54) is 37.4 Å². The lowest BCUT2D eigenvalue weighted by atomic mass is 9.90. The summed E-state index contributed by atoms with van der Waals surface area (Å²) in [6, 6.07) is 5.98. The van der Waals surface area contributed by atoms with Crippen LogP contribution in [0.2, 0.25) is 0 Å². The fraction of sp³-hybridized carbons (Fsp3) is 0.577. The third kappa shape index (κ3) is 5.13. The van der Waals surface area contributed by atoms with Gasteiger partial charge in [-0.05, 0) is 62.7 Å². The summed E-state index contributed by atoms with van der Waals surface area (Å²) in [7, 11) is 0. The van der Waals surface area contributed by atoms with Gasteiger partial charge >= 0.3 is 0 Å². The highest BCUT2D eigenvalue weighted by atomic mass is 32.2. The first-order chi connectivity index (χ1) is 16.2. The fourth-order valence-electron chi connectivity index (χ4n) is 5.50. The zero-order valence-corrected chi connectivity index (χ0v) is 20.1. The van der Waals surface area contributed by atoms with Gasteiger partial charge in [-0.25, -0.2) is 4.98 Å². The van der Waals surface area contributed by atoms with Crippen LogP contribution in [0.5, 0.6) is 0 Å². The van der Waals surface area contributed by atoms with E-state index in [0.29, 0.717) is 18.4 Å². The van der Waals surface area contributed by atoms with E-state index >= 15 is 0 Å². The molecule has 0 bridgehead atoms. The fourth-order valence-corrected chi connectivity index (χ4v) is 6.51. The molecule has 2 fully saturated rings. The van der Waals surface area contributed by atoms with Crippen LogP contribution in [0.15, 0.2) is 34.3 Å². The SMILES string of the molecule is O=C(NCCCC1CCN(C(=O)C2CCCCCC2)CC1)C1=Cc2cnc3cccc(n23)S1. The van der Waals surface area contributed by atoms with Gasteiger partial charge in [-0.3, -0.25) is 14.0 Å². The average molecular weight is 467 g/mol. The van der Waals surface area contributed by atoms with Crippen LogP contribution in [-0.2, 0) is 9.59 Å². The summed E-state index contributed by atoms with van der Waals surface area (Å²) in [5.41, 5.74) is 1.86. The van der Waals surface area contributed by atoms with Crippen molar-refractivity contribution in [3.05, 3.63) is 35.0 Å². The molecule has 0 unspecified atom stereocenters. The molecule has 1 saturated carbocycles. The van der Waals surface area contributed by atoms with Gasteiger partial charge in [0.25, 0.3) is 5.91 Å². The molecule has 1 aliphatic carbocycles. The van der Waals surface area contributed by atoms with Gasteiger partial charge in [-0.15, -0.1) is 0 Å². The highest BCUT2D eigenvalue weighted by Crippen LogP contribution is 2.34. The van der Waals surface area contributed by atoms with Crippen LogP contribution in [0.25, 0.3) is 11.7 Å². The van der Waals surface area contributed by atoms with Crippen LogP contribution < -0.4 is 5.32 Å². The minimum atomic E-state index is -0.00623. The molecule has 0 atom stereocenters. The van der Waals surface area contributed by atoms with Gasteiger partial charge in [-0.2, -0.15) is 0 Å². The highest BCUT2D eigenvalue weighted by molar-refractivity contribution is 8.04. The molecule has 2 aromatic rings. The van der Waals surface area contributed by atoms with Crippen molar-refractivity contribution in [2.75, 3.05) is 19.6 Å². The van der Waals surface area contributed by atoms with Crippen molar-refractivity contribution in [2.24, 2.45) is 11.8 Å². The van der Waals surface area contributed by atoms with Crippen LogP contribution in [0.1, 0.15) is 69.9 Å². The molecule has 5 rings (SSSR count). The molecule has 2 aliphatic heterocycles. The van der Waals surface area contributed by atoms with E-state index < -0.39 is 0 Å². The number of nitrogens with zero attached hydrogens (tertiary/aromatic N) is 3. The molecule has 6 nitrogen and oxygen atoms in total. The maximum atomic E-state index is 12.9. The Bertz CT molecular complexity index is 1030. The topological polar surface area (TPSA) is 66.7 Å². The number of amides is 2. The standard InChI is InChI=1S/C26H34N4O2S/c31-25(22-17-21-18-28-23-10-5-11-24(33-22)30(21)23)27-14-6-7-19-12-15-29(16-13-19)26(32)20-8-3-1-2-4-9-20/h5,10-11,17-20H,1-4,6-9,12-16H2,(H,27,31). The number of carbonyl (C=O) groups excluding carboxylic acids is 2. The van der Waals surface area contributed by atoms with Gasteiger partial charge < -0.3 is 10.2 Å². The number of piperidine rings is 1. The Balaban J connectivity index is 1.03. The molecule has 0 radical (unpaired) electrons. The summed E-state index contributed by atoms with van der Waals surface area (Å²) in [5, 5.41) is 4.13.